The predicted octanol–water partition coefficient (Wildman–Crippen LogP) is 2.58. The Bertz CT molecular complexity index is 668. The minimum Gasteiger partial charge on any atom is -0.390 e. The number of aliphatic hydroxyl groups is 1. The highest BCUT2D eigenvalue weighted by Crippen LogP contribution is 2.40. The quantitative estimate of drug-likeness (QED) is 0.569. The molecule has 0 bridgehead atoms. The Kier molecular flexibility index (Phi) is 7.95. The molecule has 0 aromatic heterocycles. The van der Waals surface area contributed by atoms with Gasteiger partial charge in [0, 0.05) is 40.6 Å². The van der Waals surface area contributed by atoms with Crippen LogP contribution in [0.25, 0.3) is 0 Å². The molecule has 5 nitrogen and oxygen atoms in total. The van der Waals surface area contributed by atoms with Crippen LogP contribution in [0.2, 0.25) is 0 Å². The average molecular weight is 438 g/mol. The van der Waals surface area contributed by atoms with Crippen LogP contribution in [-0.2, 0) is 4.79 Å². The Balaban J connectivity index is 1.60. The first-order valence-corrected chi connectivity index (χ1v) is 12.6. The number of nitrogens with two attached hydrogens (primary N) is 1. The first-order chi connectivity index (χ1) is 13.7. The van der Waals surface area contributed by atoms with Gasteiger partial charge in [-0.2, -0.15) is 11.8 Å². The normalized spacial score (nSPS) is 27.3. The fourth-order valence-electron chi connectivity index (χ4n) is 4.08. The van der Waals surface area contributed by atoms with Crippen LogP contribution in [0.5, 0.6) is 0 Å². The molecule has 1 amide bonds. The van der Waals surface area contributed by atoms with E-state index in [2.05, 4.69) is 22.3 Å². The fourth-order valence-corrected chi connectivity index (χ4v) is 6.59. The van der Waals surface area contributed by atoms with Crippen LogP contribution in [0.3, 0.4) is 0 Å². The van der Waals surface area contributed by atoms with Crippen molar-refractivity contribution in [1.29, 1.82) is 0 Å². The van der Waals surface area contributed by atoms with E-state index >= 15 is 0 Å². The summed E-state index contributed by atoms with van der Waals surface area (Å²) in [6, 6.07) is 9.59. The van der Waals surface area contributed by atoms with Gasteiger partial charge < -0.3 is 16.2 Å². The Morgan fingerprint density at radius 3 is 2.79 bits per heavy atom. The Morgan fingerprint density at radius 1 is 1.38 bits per heavy atom. The topological polar surface area (TPSA) is 78.6 Å². The summed E-state index contributed by atoms with van der Waals surface area (Å²) in [4.78, 5) is 16.3. The van der Waals surface area contributed by atoms with Gasteiger partial charge in [-0.05, 0) is 57.4 Å². The lowest BCUT2D eigenvalue weighted by Gasteiger charge is -2.42. The van der Waals surface area contributed by atoms with E-state index in [4.69, 9.17) is 5.73 Å². The van der Waals surface area contributed by atoms with E-state index in [-0.39, 0.29) is 23.5 Å². The summed E-state index contributed by atoms with van der Waals surface area (Å²) in [5, 5.41) is 14.5. The van der Waals surface area contributed by atoms with Gasteiger partial charge in [0.2, 0.25) is 5.91 Å². The summed E-state index contributed by atoms with van der Waals surface area (Å²) in [7, 11) is 0. The van der Waals surface area contributed by atoms with E-state index < -0.39 is 6.10 Å². The number of nitrogens with one attached hydrogen (secondary N) is 1. The number of carbonyl (C=O) groups excluding carboxylic acids is 1. The minimum absolute atomic E-state index is 0.0721. The molecular formula is C22H35N3O2S2. The molecule has 2 heterocycles. The van der Waals surface area contributed by atoms with Gasteiger partial charge in [0.15, 0.2) is 0 Å². The molecule has 29 heavy (non-hydrogen) atoms. The maximum absolute atomic E-state index is 13.0. The summed E-state index contributed by atoms with van der Waals surface area (Å²) in [6.07, 6.45) is 1.41. The number of piperidine rings is 1. The molecule has 0 saturated carbocycles. The van der Waals surface area contributed by atoms with Gasteiger partial charge >= 0.3 is 0 Å². The van der Waals surface area contributed by atoms with Crippen LogP contribution in [0.1, 0.15) is 33.6 Å². The second kappa shape index (κ2) is 10.1. The monoisotopic (exact) mass is 437 g/mol. The Hall–Kier alpha value is -0.730. The zero-order valence-electron chi connectivity index (χ0n) is 17.7. The lowest BCUT2D eigenvalue weighted by atomic mass is 9.89. The van der Waals surface area contributed by atoms with Crippen LogP contribution in [0, 0.1) is 5.92 Å². The van der Waals surface area contributed by atoms with Gasteiger partial charge in [0.1, 0.15) is 0 Å². The number of fused-ring (bicyclic) bond motifs is 1. The number of benzene rings is 1. The minimum atomic E-state index is -0.651. The van der Waals surface area contributed by atoms with Crippen LogP contribution in [0.15, 0.2) is 35.2 Å². The highest BCUT2D eigenvalue weighted by Gasteiger charge is 2.42. The average Bonchev–Trinajstić information content (AvgIpc) is 3.12. The Labute approximate surface area is 183 Å². The van der Waals surface area contributed by atoms with Crippen LogP contribution < -0.4 is 11.1 Å². The van der Waals surface area contributed by atoms with E-state index in [1.807, 2.05) is 50.7 Å². The van der Waals surface area contributed by atoms with Crippen molar-refractivity contribution >= 4 is 29.4 Å². The van der Waals surface area contributed by atoms with Gasteiger partial charge in [-0.3, -0.25) is 9.69 Å². The molecule has 2 aliphatic rings. The highest BCUT2D eigenvalue weighted by atomic mass is 32.2. The van der Waals surface area contributed by atoms with Crippen molar-refractivity contribution in [2.75, 3.05) is 24.6 Å². The SMILES string of the molecule is CC(C)(C)NC(=O)C1C[C@@H]2SCC[C@@H]2CN1CC(O)C(N)CSc1ccccc1. The zero-order valence-corrected chi connectivity index (χ0v) is 19.3. The predicted molar refractivity (Wildman–Crippen MR) is 123 cm³/mol. The zero-order chi connectivity index (χ0) is 21.0. The third kappa shape index (κ3) is 6.62. The van der Waals surface area contributed by atoms with E-state index in [1.165, 1.54) is 12.2 Å². The van der Waals surface area contributed by atoms with Gasteiger partial charge in [-0.1, -0.05) is 18.2 Å². The number of hydrogen-bond acceptors (Lipinski definition) is 6. The van der Waals surface area contributed by atoms with Gasteiger partial charge in [0.05, 0.1) is 12.1 Å². The molecule has 1 aromatic carbocycles. The third-order valence-corrected chi connectivity index (χ3v) is 8.25. The van der Waals surface area contributed by atoms with Crippen molar-refractivity contribution in [2.24, 2.45) is 11.7 Å². The molecule has 2 saturated heterocycles. The summed E-state index contributed by atoms with van der Waals surface area (Å²) in [5.74, 6) is 2.51. The highest BCUT2D eigenvalue weighted by molar-refractivity contribution is 8.00. The number of aliphatic hydroxyl groups excluding tert-OH is 1. The molecule has 2 fully saturated rings. The third-order valence-electron chi connectivity index (χ3n) is 5.61. The molecule has 162 valence electrons. The van der Waals surface area contributed by atoms with E-state index in [1.54, 1.807) is 11.8 Å². The molecule has 0 aliphatic carbocycles. The van der Waals surface area contributed by atoms with Crippen LogP contribution in [0.4, 0.5) is 0 Å². The summed E-state index contributed by atoms with van der Waals surface area (Å²) in [6.45, 7) is 7.35. The number of β-amino-alcohol motifs (C(OH)–C–C–N with tert-alkyl or cyclic N) is 1. The number of thioether (sulfide) groups is 2. The lowest BCUT2D eigenvalue weighted by Crippen LogP contribution is -2.59. The summed E-state index contributed by atoms with van der Waals surface area (Å²) < 4.78 is 0. The molecule has 5 atom stereocenters. The number of carbonyl (C=O) groups is 1. The van der Waals surface area contributed by atoms with Crippen molar-refractivity contribution in [1.82, 2.24) is 10.2 Å². The second-order valence-electron chi connectivity index (χ2n) is 9.26. The smallest absolute Gasteiger partial charge is 0.237 e. The number of likely N-dealkylation sites (tertiary alicyclic amines) is 1. The van der Waals surface area contributed by atoms with Gasteiger partial charge in [-0.15, -0.1) is 11.8 Å². The fraction of sp³-hybridized carbons (Fsp3) is 0.682. The first-order valence-electron chi connectivity index (χ1n) is 10.5. The van der Waals surface area contributed by atoms with Crippen molar-refractivity contribution in [2.45, 2.75) is 67.5 Å². The molecule has 0 spiro atoms. The van der Waals surface area contributed by atoms with Gasteiger partial charge in [0.25, 0.3) is 0 Å². The molecule has 4 N–H and O–H groups in total. The molecule has 0 radical (unpaired) electrons. The van der Waals surface area contributed by atoms with Crippen molar-refractivity contribution < 1.29 is 9.90 Å². The number of amides is 1. The largest absolute Gasteiger partial charge is 0.390 e. The van der Waals surface area contributed by atoms with Crippen molar-refractivity contribution in [3.63, 3.8) is 0 Å². The van der Waals surface area contributed by atoms with E-state index in [0.717, 1.165) is 17.9 Å². The van der Waals surface area contributed by atoms with E-state index in [0.29, 0.717) is 23.5 Å². The summed E-state index contributed by atoms with van der Waals surface area (Å²) >= 11 is 3.66. The maximum atomic E-state index is 13.0. The van der Waals surface area contributed by atoms with Crippen molar-refractivity contribution in [3.8, 4) is 0 Å². The number of hydrogen-bond donors (Lipinski definition) is 3. The molecular weight excluding hydrogens is 402 g/mol. The van der Waals surface area contributed by atoms with Crippen LogP contribution in [-0.4, -0.2) is 69.5 Å². The first kappa shape index (κ1) is 22.9. The molecule has 7 heteroatoms. The second-order valence-corrected chi connectivity index (χ2v) is 11.7. The molecule has 1 aromatic rings. The van der Waals surface area contributed by atoms with Gasteiger partial charge in [-0.25, -0.2) is 0 Å². The molecule has 3 rings (SSSR count). The lowest BCUT2D eigenvalue weighted by molar-refractivity contribution is -0.130. The van der Waals surface area contributed by atoms with Crippen molar-refractivity contribution in [3.05, 3.63) is 30.3 Å². The number of nitrogens with zero attached hydrogens (tertiary/aromatic N) is 1. The Morgan fingerprint density at radius 2 is 2.10 bits per heavy atom. The van der Waals surface area contributed by atoms with Crippen LogP contribution >= 0.6 is 23.5 Å². The molecule has 2 aliphatic heterocycles. The maximum Gasteiger partial charge on any atom is 0.237 e. The number of rotatable bonds is 7. The standard InChI is InChI=1S/C22H35N3O2S2/c1-22(2,3)24-21(27)18-11-20-15(9-10-28-20)12-25(18)13-19(26)17(23)14-29-16-7-5-4-6-8-16/h4-8,15,17-20,26H,9-14,23H2,1-3H3,(H,24,27)/t15-,17?,18?,19?,20+/m1/s1. The molecule has 3 unspecified atom stereocenters. The van der Waals surface area contributed by atoms with E-state index in [9.17, 15) is 9.90 Å². The summed E-state index contributed by atoms with van der Waals surface area (Å²) in [5.41, 5.74) is 6.05.